The second kappa shape index (κ2) is 5.55. The summed E-state index contributed by atoms with van der Waals surface area (Å²) in [6, 6.07) is 7.90. The van der Waals surface area contributed by atoms with E-state index in [1.54, 1.807) is 0 Å². The van der Waals surface area contributed by atoms with Crippen LogP contribution in [0.3, 0.4) is 0 Å². The normalized spacial score (nSPS) is 10.9. The predicted molar refractivity (Wildman–Crippen MR) is 74.7 cm³/mol. The third kappa shape index (κ3) is 2.74. The van der Waals surface area contributed by atoms with Crippen molar-refractivity contribution in [3.05, 3.63) is 51.8 Å². The molecule has 0 saturated heterocycles. The van der Waals surface area contributed by atoms with Crippen molar-refractivity contribution in [2.45, 2.75) is 26.9 Å². The number of rotatable bonds is 4. The molecule has 1 aromatic heterocycles. The summed E-state index contributed by atoms with van der Waals surface area (Å²) < 4.78 is 1.92. The number of aromatic nitrogens is 2. The van der Waals surface area contributed by atoms with Crippen LogP contribution in [-0.2, 0) is 20.1 Å². The van der Waals surface area contributed by atoms with Gasteiger partial charge in [-0.25, -0.2) is 0 Å². The van der Waals surface area contributed by atoms with Crippen molar-refractivity contribution in [1.29, 1.82) is 0 Å². The van der Waals surface area contributed by atoms with Crippen LogP contribution >= 0.6 is 11.6 Å². The van der Waals surface area contributed by atoms with Gasteiger partial charge in [-0.3, -0.25) is 4.68 Å². The van der Waals surface area contributed by atoms with Crippen molar-refractivity contribution >= 4 is 11.6 Å². The summed E-state index contributed by atoms with van der Waals surface area (Å²) in [5.74, 6) is 0. The standard InChI is InChI=1S/C14H18ClN3/c1-10-13(11(2)18(3)17-10)9-16-8-12-6-4-5-7-14(12)15/h4-7,16H,8-9H2,1-3H3. The molecule has 0 spiro atoms. The summed E-state index contributed by atoms with van der Waals surface area (Å²) in [5, 5.41) is 8.63. The van der Waals surface area contributed by atoms with Crippen LogP contribution in [0.5, 0.6) is 0 Å². The van der Waals surface area contributed by atoms with Gasteiger partial charge in [0.25, 0.3) is 0 Å². The fourth-order valence-corrected chi connectivity index (χ4v) is 2.24. The van der Waals surface area contributed by atoms with Crippen LogP contribution < -0.4 is 5.32 Å². The second-order valence-corrected chi connectivity index (χ2v) is 4.88. The monoisotopic (exact) mass is 263 g/mol. The number of nitrogens with one attached hydrogen (secondary N) is 1. The minimum Gasteiger partial charge on any atom is -0.308 e. The van der Waals surface area contributed by atoms with Gasteiger partial charge < -0.3 is 5.32 Å². The van der Waals surface area contributed by atoms with Gasteiger partial charge >= 0.3 is 0 Å². The molecular formula is C14H18ClN3. The molecule has 2 aromatic rings. The van der Waals surface area contributed by atoms with E-state index in [9.17, 15) is 0 Å². The summed E-state index contributed by atoms with van der Waals surface area (Å²) in [4.78, 5) is 0. The third-order valence-electron chi connectivity index (χ3n) is 3.23. The molecule has 1 aromatic carbocycles. The summed E-state index contributed by atoms with van der Waals surface area (Å²) >= 11 is 6.12. The molecule has 0 aliphatic rings. The molecule has 0 amide bonds. The predicted octanol–water partition coefficient (Wildman–Crippen LogP) is 2.98. The van der Waals surface area contributed by atoms with Gasteiger partial charge in [0.05, 0.1) is 5.69 Å². The Hall–Kier alpha value is -1.32. The lowest BCUT2D eigenvalue weighted by molar-refractivity contribution is 0.684. The summed E-state index contributed by atoms with van der Waals surface area (Å²) in [7, 11) is 1.97. The molecule has 0 fully saturated rings. The first-order chi connectivity index (χ1) is 8.59. The highest BCUT2D eigenvalue weighted by molar-refractivity contribution is 6.31. The summed E-state index contributed by atoms with van der Waals surface area (Å²) in [5.41, 5.74) is 4.68. The molecule has 0 aliphatic carbocycles. The van der Waals surface area contributed by atoms with Crippen molar-refractivity contribution in [2.75, 3.05) is 0 Å². The molecule has 0 atom stereocenters. The molecule has 1 N–H and O–H groups in total. The molecule has 0 bridgehead atoms. The maximum Gasteiger partial charge on any atom is 0.0641 e. The van der Waals surface area contributed by atoms with Crippen molar-refractivity contribution in [3.63, 3.8) is 0 Å². The maximum atomic E-state index is 6.12. The highest BCUT2D eigenvalue weighted by atomic mass is 35.5. The Kier molecular flexibility index (Phi) is 4.04. The fraction of sp³-hybridized carbons (Fsp3) is 0.357. The van der Waals surface area contributed by atoms with Crippen LogP contribution in [0.4, 0.5) is 0 Å². The van der Waals surface area contributed by atoms with Gasteiger partial charge in [-0.1, -0.05) is 29.8 Å². The van der Waals surface area contributed by atoms with E-state index < -0.39 is 0 Å². The number of benzene rings is 1. The molecule has 0 aliphatic heterocycles. The summed E-state index contributed by atoms with van der Waals surface area (Å²) in [6.45, 7) is 5.72. The van der Waals surface area contributed by atoms with Gasteiger partial charge in [0, 0.05) is 36.4 Å². The average Bonchev–Trinajstić information content (AvgIpc) is 2.58. The number of halogens is 1. The Labute approximate surface area is 113 Å². The quantitative estimate of drug-likeness (QED) is 0.919. The van der Waals surface area contributed by atoms with Gasteiger partial charge in [-0.05, 0) is 25.5 Å². The highest BCUT2D eigenvalue weighted by Crippen LogP contribution is 2.15. The largest absolute Gasteiger partial charge is 0.308 e. The first kappa shape index (κ1) is 13.1. The van der Waals surface area contributed by atoms with Crippen LogP contribution in [-0.4, -0.2) is 9.78 Å². The third-order valence-corrected chi connectivity index (χ3v) is 3.60. The first-order valence-corrected chi connectivity index (χ1v) is 6.40. The zero-order valence-electron chi connectivity index (χ0n) is 11.0. The number of hydrogen-bond acceptors (Lipinski definition) is 2. The number of aryl methyl sites for hydroxylation is 2. The average molecular weight is 264 g/mol. The SMILES string of the molecule is Cc1nn(C)c(C)c1CNCc1ccccc1Cl. The summed E-state index contributed by atoms with van der Waals surface area (Å²) in [6.07, 6.45) is 0. The molecule has 96 valence electrons. The van der Waals surface area contributed by atoms with E-state index in [0.717, 1.165) is 29.4 Å². The number of hydrogen-bond donors (Lipinski definition) is 1. The number of nitrogens with zero attached hydrogens (tertiary/aromatic N) is 2. The lowest BCUT2D eigenvalue weighted by Gasteiger charge is -2.07. The Morgan fingerprint density at radius 1 is 1.22 bits per heavy atom. The molecule has 0 unspecified atom stereocenters. The molecule has 18 heavy (non-hydrogen) atoms. The molecular weight excluding hydrogens is 246 g/mol. The van der Waals surface area contributed by atoms with Gasteiger partial charge in [0.15, 0.2) is 0 Å². The van der Waals surface area contributed by atoms with E-state index >= 15 is 0 Å². The van der Waals surface area contributed by atoms with Crippen LogP contribution in [0.2, 0.25) is 5.02 Å². The first-order valence-electron chi connectivity index (χ1n) is 6.02. The van der Waals surface area contributed by atoms with Crippen molar-refractivity contribution < 1.29 is 0 Å². The Morgan fingerprint density at radius 2 is 1.94 bits per heavy atom. The molecule has 1 heterocycles. The zero-order valence-corrected chi connectivity index (χ0v) is 11.8. The minimum atomic E-state index is 0.771. The Bertz CT molecular complexity index is 546. The second-order valence-electron chi connectivity index (χ2n) is 4.47. The van der Waals surface area contributed by atoms with E-state index in [4.69, 9.17) is 11.6 Å². The Morgan fingerprint density at radius 3 is 2.56 bits per heavy atom. The smallest absolute Gasteiger partial charge is 0.0641 e. The minimum absolute atomic E-state index is 0.771. The van der Waals surface area contributed by atoms with Crippen LogP contribution in [0.1, 0.15) is 22.5 Å². The molecule has 2 rings (SSSR count). The van der Waals surface area contributed by atoms with E-state index in [0.29, 0.717) is 0 Å². The van der Waals surface area contributed by atoms with Gasteiger partial charge in [-0.15, -0.1) is 0 Å². The van der Waals surface area contributed by atoms with Crippen molar-refractivity contribution in [2.24, 2.45) is 7.05 Å². The van der Waals surface area contributed by atoms with Crippen LogP contribution in [0, 0.1) is 13.8 Å². The van der Waals surface area contributed by atoms with Gasteiger partial charge in [0.1, 0.15) is 0 Å². The topological polar surface area (TPSA) is 29.9 Å². The highest BCUT2D eigenvalue weighted by Gasteiger charge is 2.08. The van der Waals surface area contributed by atoms with E-state index in [1.165, 1.54) is 11.3 Å². The molecule has 3 nitrogen and oxygen atoms in total. The lowest BCUT2D eigenvalue weighted by Crippen LogP contribution is -2.14. The van der Waals surface area contributed by atoms with Crippen molar-refractivity contribution in [3.8, 4) is 0 Å². The molecule has 0 saturated carbocycles. The van der Waals surface area contributed by atoms with Crippen LogP contribution in [0.25, 0.3) is 0 Å². The molecule has 4 heteroatoms. The Balaban J connectivity index is 1.99. The van der Waals surface area contributed by atoms with Gasteiger partial charge in [-0.2, -0.15) is 5.10 Å². The van der Waals surface area contributed by atoms with E-state index in [1.807, 2.05) is 42.9 Å². The lowest BCUT2D eigenvalue weighted by atomic mass is 10.2. The van der Waals surface area contributed by atoms with E-state index in [-0.39, 0.29) is 0 Å². The molecule has 0 radical (unpaired) electrons. The van der Waals surface area contributed by atoms with E-state index in [2.05, 4.69) is 17.3 Å². The maximum absolute atomic E-state index is 6.12. The van der Waals surface area contributed by atoms with Crippen molar-refractivity contribution in [1.82, 2.24) is 15.1 Å². The fourth-order valence-electron chi connectivity index (χ4n) is 2.04. The zero-order chi connectivity index (χ0) is 13.1. The van der Waals surface area contributed by atoms with Gasteiger partial charge in [0.2, 0.25) is 0 Å². The van der Waals surface area contributed by atoms with Crippen LogP contribution in [0.15, 0.2) is 24.3 Å².